The first-order valence-electron chi connectivity index (χ1n) is 8.53. The van der Waals surface area contributed by atoms with Gasteiger partial charge in [-0.25, -0.2) is 14.1 Å². The number of rotatable bonds is 5. The SMILES string of the molecule is CCOc1cc(Cl)c(/C=C2\C(=O)NC(=O)N(c3cccc(F)c3)C2=O)cc1OC. The van der Waals surface area contributed by atoms with Gasteiger partial charge >= 0.3 is 6.03 Å². The number of halogens is 2. The number of methoxy groups -OCH3 is 1. The molecule has 0 aromatic heterocycles. The molecule has 4 amide bonds. The average molecular weight is 419 g/mol. The fraction of sp³-hybridized carbons (Fsp3) is 0.150. The summed E-state index contributed by atoms with van der Waals surface area (Å²) in [6.45, 7) is 2.19. The summed E-state index contributed by atoms with van der Waals surface area (Å²) in [7, 11) is 1.44. The zero-order valence-electron chi connectivity index (χ0n) is 15.5. The number of hydrogen-bond acceptors (Lipinski definition) is 5. The number of urea groups is 1. The fourth-order valence-corrected chi connectivity index (χ4v) is 2.96. The normalized spacial score (nSPS) is 15.5. The van der Waals surface area contributed by atoms with Crippen molar-refractivity contribution >= 4 is 41.2 Å². The summed E-state index contributed by atoms with van der Waals surface area (Å²) in [5, 5.41) is 2.27. The van der Waals surface area contributed by atoms with Crippen molar-refractivity contribution in [3.63, 3.8) is 0 Å². The standard InChI is InChI=1S/C20H16ClFN2O5/c1-3-29-17-10-15(21)11(8-16(17)28-2)7-14-18(25)23-20(27)24(19(14)26)13-6-4-5-12(22)9-13/h4-10H,3H2,1-2H3,(H,23,25,27)/b14-7+. The highest BCUT2D eigenvalue weighted by Gasteiger charge is 2.37. The van der Waals surface area contributed by atoms with Gasteiger partial charge in [-0.2, -0.15) is 0 Å². The van der Waals surface area contributed by atoms with Gasteiger partial charge in [-0.15, -0.1) is 0 Å². The van der Waals surface area contributed by atoms with E-state index >= 15 is 0 Å². The van der Waals surface area contributed by atoms with E-state index < -0.39 is 23.7 Å². The number of anilines is 1. The van der Waals surface area contributed by atoms with E-state index in [1.54, 1.807) is 6.92 Å². The number of imide groups is 2. The van der Waals surface area contributed by atoms with Crippen LogP contribution in [0.4, 0.5) is 14.9 Å². The zero-order chi connectivity index (χ0) is 21.1. The molecule has 29 heavy (non-hydrogen) atoms. The van der Waals surface area contributed by atoms with Crippen molar-refractivity contribution in [3.8, 4) is 11.5 Å². The number of nitrogens with zero attached hydrogens (tertiary/aromatic N) is 1. The van der Waals surface area contributed by atoms with Gasteiger partial charge in [0.2, 0.25) is 0 Å². The molecular formula is C20H16ClFN2O5. The molecule has 0 aliphatic carbocycles. The summed E-state index contributed by atoms with van der Waals surface area (Å²) in [5.74, 6) is -1.68. The molecule has 3 rings (SSSR count). The number of carbonyl (C=O) groups is 3. The summed E-state index contributed by atoms with van der Waals surface area (Å²) in [6, 6.07) is 6.93. The first-order chi connectivity index (χ1) is 13.8. The van der Waals surface area contributed by atoms with Crippen molar-refractivity contribution in [1.29, 1.82) is 0 Å². The molecule has 0 spiro atoms. The molecule has 0 saturated carbocycles. The Morgan fingerprint density at radius 1 is 1.17 bits per heavy atom. The van der Waals surface area contributed by atoms with E-state index in [9.17, 15) is 18.8 Å². The lowest BCUT2D eigenvalue weighted by molar-refractivity contribution is -0.122. The Labute approximate surface area is 170 Å². The molecule has 1 aliphatic heterocycles. The minimum absolute atomic E-state index is 0.0127. The van der Waals surface area contributed by atoms with Crippen LogP contribution in [0.2, 0.25) is 5.02 Å². The summed E-state index contributed by atoms with van der Waals surface area (Å²) < 4.78 is 24.2. The number of nitrogens with one attached hydrogen (secondary N) is 1. The van der Waals surface area contributed by atoms with Gasteiger partial charge in [-0.3, -0.25) is 14.9 Å². The van der Waals surface area contributed by atoms with Crippen molar-refractivity contribution in [3.05, 3.63) is 58.4 Å². The molecule has 1 heterocycles. The van der Waals surface area contributed by atoms with Crippen LogP contribution in [0, 0.1) is 5.82 Å². The molecule has 7 nitrogen and oxygen atoms in total. The average Bonchev–Trinajstić information content (AvgIpc) is 2.66. The topological polar surface area (TPSA) is 84.9 Å². The van der Waals surface area contributed by atoms with Crippen LogP contribution in [-0.4, -0.2) is 31.6 Å². The van der Waals surface area contributed by atoms with Gasteiger partial charge in [-0.1, -0.05) is 17.7 Å². The lowest BCUT2D eigenvalue weighted by Gasteiger charge is -2.26. The predicted molar refractivity (Wildman–Crippen MR) is 105 cm³/mol. The summed E-state index contributed by atoms with van der Waals surface area (Å²) in [4.78, 5) is 38.0. The summed E-state index contributed by atoms with van der Waals surface area (Å²) >= 11 is 6.26. The van der Waals surface area contributed by atoms with E-state index in [0.29, 0.717) is 28.6 Å². The van der Waals surface area contributed by atoms with Crippen LogP contribution >= 0.6 is 11.6 Å². The molecule has 2 aromatic carbocycles. The molecule has 0 atom stereocenters. The van der Waals surface area contributed by atoms with Gasteiger partial charge in [0.1, 0.15) is 11.4 Å². The van der Waals surface area contributed by atoms with Gasteiger partial charge in [0.25, 0.3) is 11.8 Å². The smallest absolute Gasteiger partial charge is 0.335 e. The number of carbonyl (C=O) groups excluding carboxylic acids is 3. The molecule has 0 unspecified atom stereocenters. The van der Waals surface area contributed by atoms with Crippen LogP contribution in [0.25, 0.3) is 6.08 Å². The number of hydrogen-bond donors (Lipinski definition) is 1. The second-order valence-electron chi connectivity index (χ2n) is 5.90. The Balaban J connectivity index is 2.05. The first-order valence-corrected chi connectivity index (χ1v) is 8.90. The van der Waals surface area contributed by atoms with Crippen molar-refractivity contribution in [2.45, 2.75) is 6.92 Å². The predicted octanol–water partition coefficient (Wildman–Crippen LogP) is 3.55. The van der Waals surface area contributed by atoms with Gasteiger partial charge in [0.05, 0.1) is 24.4 Å². The number of ether oxygens (including phenoxy) is 2. The maximum absolute atomic E-state index is 13.5. The third-order valence-corrected chi connectivity index (χ3v) is 4.38. The molecule has 2 aromatic rings. The quantitative estimate of drug-likeness (QED) is 0.593. The second-order valence-corrected chi connectivity index (χ2v) is 6.30. The van der Waals surface area contributed by atoms with Crippen LogP contribution in [0.15, 0.2) is 42.0 Å². The van der Waals surface area contributed by atoms with Gasteiger partial charge < -0.3 is 9.47 Å². The van der Waals surface area contributed by atoms with E-state index in [-0.39, 0.29) is 16.3 Å². The second kappa shape index (κ2) is 8.32. The molecule has 1 N–H and O–H groups in total. The molecule has 0 radical (unpaired) electrons. The summed E-state index contributed by atoms with van der Waals surface area (Å²) in [6.07, 6.45) is 1.23. The van der Waals surface area contributed by atoms with E-state index in [4.69, 9.17) is 21.1 Å². The molecule has 150 valence electrons. The van der Waals surface area contributed by atoms with Gasteiger partial charge in [-0.05, 0) is 42.8 Å². The van der Waals surface area contributed by atoms with Crippen LogP contribution in [-0.2, 0) is 9.59 Å². The van der Waals surface area contributed by atoms with Crippen LogP contribution in [0.3, 0.4) is 0 Å². The highest BCUT2D eigenvalue weighted by Crippen LogP contribution is 2.35. The van der Waals surface area contributed by atoms with E-state index in [0.717, 1.165) is 6.07 Å². The van der Waals surface area contributed by atoms with E-state index in [2.05, 4.69) is 5.32 Å². The molecule has 0 bridgehead atoms. The first kappa shape index (κ1) is 20.3. The fourth-order valence-electron chi connectivity index (χ4n) is 2.75. The third kappa shape index (κ3) is 4.07. The third-order valence-electron chi connectivity index (χ3n) is 4.05. The van der Waals surface area contributed by atoms with Crippen molar-refractivity contribution in [2.75, 3.05) is 18.6 Å². The van der Waals surface area contributed by atoms with Crippen LogP contribution in [0.5, 0.6) is 11.5 Å². The Hall–Kier alpha value is -3.39. The summed E-state index contributed by atoms with van der Waals surface area (Å²) in [5.41, 5.74) is -0.0535. The Kier molecular flexibility index (Phi) is 5.84. The van der Waals surface area contributed by atoms with Gasteiger partial charge in [0, 0.05) is 6.07 Å². The van der Waals surface area contributed by atoms with Crippen LogP contribution < -0.4 is 19.7 Å². The highest BCUT2D eigenvalue weighted by atomic mass is 35.5. The molecule has 9 heteroatoms. The number of amides is 4. The Morgan fingerprint density at radius 3 is 2.59 bits per heavy atom. The maximum Gasteiger partial charge on any atom is 0.335 e. The highest BCUT2D eigenvalue weighted by molar-refractivity contribution is 6.40. The van der Waals surface area contributed by atoms with Crippen molar-refractivity contribution < 1.29 is 28.2 Å². The van der Waals surface area contributed by atoms with Crippen LogP contribution in [0.1, 0.15) is 12.5 Å². The minimum atomic E-state index is -0.974. The number of benzene rings is 2. The molecular weight excluding hydrogens is 403 g/mol. The Bertz CT molecular complexity index is 1040. The zero-order valence-corrected chi connectivity index (χ0v) is 16.2. The molecule has 1 saturated heterocycles. The van der Waals surface area contributed by atoms with E-state index in [1.165, 1.54) is 43.5 Å². The van der Waals surface area contributed by atoms with E-state index in [1.807, 2.05) is 0 Å². The Morgan fingerprint density at radius 2 is 1.93 bits per heavy atom. The molecule has 1 fully saturated rings. The monoisotopic (exact) mass is 418 g/mol. The van der Waals surface area contributed by atoms with Gasteiger partial charge in [0.15, 0.2) is 11.5 Å². The number of barbiturate groups is 1. The molecule has 1 aliphatic rings. The largest absolute Gasteiger partial charge is 0.493 e. The minimum Gasteiger partial charge on any atom is -0.493 e. The van der Waals surface area contributed by atoms with Crippen molar-refractivity contribution in [1.82, 2.24) is 5.32 Å². The van der Waals surface area contributed by atoms with Crippen molar-refractivity contribution in [2.24, 2.45) is 0 Å². The lowest BCUT2D eigenvalue weighted by Crippen LogP contribution is -2.54. The lowest BCUT2D eigenvalue weighted by atomic mass is 10.1. The maximum atomic E-state index is 13.5.